The summed E-state index contributed by atoms with van der Waals surface area (Å²) in [6, 6.07) is 0.0145. The predicted octanol–water partition coefficient (Wildman–Crippen LogP) is 1.77. The Morgan fingerprint density at radius 3 is 2.31 bits per heavy atom. The van der Waals surface area contributed by atoms with Crippen LogP contribution < -0.4 is 4.72 Å². The molecule has 0 bridgehead atoms. The molecule has 5 heteroatoms. The first kappa shape index (κ1) is 15.9. The van der Waals surface area contributed by atoms with Gasteiger partial charge in [0.15, 0.2) is 0 Å². The molecule has 0 fully saturated rings. The van der Waals surface area contributed by atoms with Crippen LogP contribution in [0.2, 0.25) is 0 Å². The van der Waals surface area contributed by atoms with Crippen molar-refractivity contribution in [2.24, 2.45) is 5.92 Å². The molecule has 0 aromatic carbocycles. The van der Waals surface area contributed by atoms with Crippen LogP contribution in [0.3, 0.4) is 0 Å². The van der Waals surface area contributed by atoms with Crippen LogP contribution in [0.5, 0.6) is 0 Å². The minimum atomic E-state index is -3.17. The highest BCUT2D eigenvalue weighted by Gasteiger charge is 2.13. The van der Waals surface area contributed by atoms with Crippen molar-refractivity contribution in [3.63, 3.8) is 0 Å². The molecule has 4 nitrogen and oxygen atoms in total. The zero-order valence-electron chi connectivity index (χ0n) is 10.8. The first-order chi connectivity index (χ1) is 7.37. The monoisotopic (exact) mass is 251 g/mol. The first-order valence-electron chi connectivity index (χ1n) is 5.86. The van der Waals surface area contributed by atoms with Gasteiger partial charge in [0.2, 0.25) is 10.0 Å². The maximum Gasteiger partial charge on any atom is 0.214 e. The molecule has 0 aromatic rings. The molecule has 0 aliphatic rings. The van der Waals surface area contributed by atoms with Crippen molar-refractivity contribution in [2.75, 3.05) is 19.5 Å². The van der Waals surface area contributed by atoms with E-state index in [1.807, 2.05) is 6.92 Å². The summed E-state index contributed by atoms with van der Waals surface area (Å²) < 4.78 is 30.4. The molecule has 0 aliphatic heterocycles. The van der Waals surface area contributed by atoms with E-state index in [2.05, 4.69) is 18.6 Å². The molecule has 0 aliphatic carbocycles. The van der Waals surface area contributed by atoms with Crippen LogP contribution in [0.4, 0.5) is 0 Å². The Kier molecular flexibility index (Phi) is 7.97. The van der Waals surface area contributed by atoms with Gasteiger partial charge in [-0.15, -0.1) is 0 Å². The van der Waals surface area contributed by atoms with E-state index < -0.39 is 10.0 Å². The topological polar surface area (TPSA) is 55.4 Å². The molecular weight excluding hydrogens is 226 g/mol. The number of methoxy groups -OCH3 is 1. The van der Waals surface area contributed by atoms with Gasteiger partial charge in [0.05, 0.1) is 12.4 Å². The smallest absolute Gasteiger partial charge is 0.214 e. The van der Waals surface area contributed by atoms with Crippen molar-refractivity contribution in [1.82, 2.24) is 4.72 Å². The van der Waals surface area contributed by atoms with E-state index in [-0.39, 0.29) is 18.4 Å². The number of hydrogen-bond acceptors (Lipinski definition) is 3. The molecule has 0 aromatic heterocycles. The van der Waals surface area contributed by atoms with Gasteiger partial charge in [-0.05, 0) is 19.3 Å². The van der Waals surface area contributed by atoms with Gasteiger partial charge in [0.1, 0.15) is 0 Å². The maximum atomic E-state index is 11.5. The van der Waals surface area contributed by atoms with Crippen LogP contribution in [0.15, 0.2) is 0 Å². The van der Waals surface area contributed by atoms with Crippen molar-refractivity contribution >= 4 is 10.0 Å². The fourth-order valence-corrected chi connectivity index (χ4v) is 2.68. The third kappa shape index (κ3) is 9.12. The predicted molar refractivity (Wildman–Crippen MR) is 66.9 cm³/mol. The molecular formula is C11H25NO3S. The summed E-state index contributed by atoms with van der Waals surface area (Å²) in [4.78, 5) is 0. The van der Waals surface area contributed by atoms with Crippen molar-refractivity contribution in [1.29, 1.82) is 0 Å². The second kappa shape index (κ2) is 8.03. The summed E-state index contributed by atoms with van der Waals surface area (Å²) in [5.41, 5.74) is 0. The zero-order valence-corrected chi connectivity index (χ0v) is 11.6. The maximum absolute atomic E-state index is 11.5. The number of rotatable bonds is 9. The van der Waals surface area contributed by atoms with Crippen molar-refractivity contribution in [2.45, 2.75) is 46.1 Å². The Morgan fingerprint density at radius 2 is 1.81 bits per heavy atom. The summed E-state index contributed by atoms with van der Waals surface area (Å²) in [6.45, 7) is 6.50. The van der Waals surface area contributed by atoms with Crippen molar-refractivity contribution in [3.05, 3.63) is 0 Å². The van der Waals surface area contributed by atoms with E-state index in [1.165, 1.54) is 7.11 Å². The minimum absolute atomic E-state index is 0.0145. The minimum Gasteiger partial charge on any atom is -0.384 e. The van der Waals surface area contributed by atoms with Gasteiger partial charge in [-0.2, -0.15) is 0 Å². The second-order valence-corrected chi connectivity index (χ2v) is 6.53. The number of sulfonamides is 1. The van der Waals surface area contributed by atoms with Gasteiger partial charge in [0, 0.05) is 13.2 Å². The molecule has 16 heavy (non-hydrogen) atoms. The largest absolute Gasteiger partial charge is 0.384 e. The Bertz CT molecular complexity index is 262. The quantitative estimate of drug-likeness (QED) is 0.679. The third-order valence-electron chi connectivity index (χ3n) is 2.36. The van der Waals surface area contributed by atoms with Crippen LogP contribution >= 0.6 is 0 Å². The molecule has 0 amide bonds. The van der Waals surface area contributed by atoms with Crippen molar-refractivity contribution < 1.29 is 13.2 Å². The SMILES string of the molecule is COCCS(=O)(=O)N[C@H](C)CCCC(C)C. The average molecular weight is 251 g/mol. The summed E-state index contributed by atoms with van der Waals surface area (Å²) in [7, 11) is -1.67. The number of hydrogen-bond donors (Lipinski definition) is 1. The lowest BCUT2D eigenvalue weighted by Crippen LogP contribution is -2.35. The number of ether oxygens (including phenoxy) is 1. The highest BCUT2D eigenvalue weighted by atomic mass is 32.2. The lowest BCUT2D eigenvalue weighted by atomic mass is 10.0. The lowest BCUT2D eigenvalue weighted by molar-refractivity contribution is 0.216. The van der Waals surface area contributed by atoms with Gasteiger partial charge < -0.3 is 4.74 Å². The lowest BCUT2D eigenvalue weighted by Gasteiger charge is -2.14. The second-order valence-electron chi connectivity index (χ2n) is 4.66. The highest BCUT2D eigenvalue weighted by Crippen LogP contribution is 2.08. The number of nitrogens with one attached hydrogen (secondary N) is 1. The van der Waals surface area contributed by atoms with Crippen molar-refractivity contribution in [3.8, 4) is 0 Å². The van der Waals surface area contributed by atoms with E-state index in [0.29, 0.717) is 5.92 Å². The molecule has 0 heterocycles. The van der Waals surface area contributed by atoms with Crippen LogP contribution in [0.25, 0.3) is 0 Å². The van der Waals surface area contributed by atoms with E-state index >= 15 is 0 Å². The van der Waals surface area contributed by atoms with Gasteiger partial charge >= 0.3 is 0 Å². The molecule has 98 valence electrons. The fraction of sp³-hybridized carbons (Fsp3) is 1.00. The van der Waals surface area contributed by atoms with Gasteiger partial charge in [-0.25, -0.2) is 13.1 Å². The van der Waals surface area contributed by atoms with Gasteiger partial charge in [-0.1, -0.05) is 26.7 Å². The summed E-state index contributed by atoms with van der Waals surface area (Å²) in [5, 5.41) is 0. The normalized spacial score (nSPS) is 14.3. The summed E-state index contributed by atoms with van der Waals surface area (Å²) >= 11 is 0. The Hall–Kier alpha value is -0.130. The first-order valence-corrected chi connectivity index (χ1v) is 7.51. The fourth-order valence-electron chi connectivity index (χ4n) is 1.45. The highest BCUT2D eigenvalue weighted by molar-refractivity contribution is 7.89. The van der Waals surface area contributed by atoms with Crippen LogP contribution in [0.1, 0.15) is 40.0 Å². The molecule has 1 atom stereocenters. The third-order valence-corrected chi connectivity index (χ3v) is 3.82. The van der Waals surface area contributed by atoms with Crippen LogP contribution in [0, 0.1) is 5.92 Å². The summed E-state index contributed by atoms with van der Waals surface area (Å²) in [5.74, 6) is 0.718. The molecule has 0 unspecified atom stereocenters. The average Bonchev–Trinajstić information content (AvgIpc) is 2.13. The van der Waals surface area contributed by atoms with E-state index in [0.717, 1.165) is 19.3 Å². The molecule has 1 N–H and O–H groups in total. The van der Waals surface area contributed by atoms with Crippen LogP contribution in [-0.2, 0) is 14.8 Å². The molecule has 0 saturated heterocycles. The molecule has 0 saturated carbocycles. The molecule has 0 radical (unpaired) electrons. The van der Waals surface area contributed by atoms with E-state index in [1.54, 1.807) is 0 Å². The van der Waals surface area contributed by atoms with E-state index in [9.17, 15) is 8.42 Å². The standard InChI is InChI=1S/C11H25NO3S/c1-10(2)6-5-7-11(3)12-16(13,14)9-8-15-4/h10-12H,5-9H2,1-4H3/t11-/m1/s1. The van der Waals surface area contributed by atoms with Gasteiger partial charge in [-0.3, -0.25) is 0 Å². The van der Waals surface area contributed by atoms with E-state index in [4.69, 9.17) is 4.74 Å². The Balaban J connectivity index is 3.81. The Morgan fingerprint density at radius 1 is 1.19 bits per heavy atom. The Labute approximate surface area is 99.8 Å². The van der Waals surface area contributed by atoms with Crippen LogP contribution in [-0.4, -0.2) is 33.9 Å². The van der Waals surface area contributed by atoms with Gasteiger partial charge in [0.25, 0.3) is 0 Å². The summed E-state index contributed by atoms with van der Waals surface area (Å²) in [6.07, 6.45) is 3.10. The zero-order chi connectivity index (χ0) is 12.6. The molecule has 0 spiro atoms. The molecule has 0 rings (SSSR count).